The molecule has 0 aromatic heterocycles. The summed E-state index contributed by atoms with van der Waals surface area (Å²) in [5, 5.41) is 12.2. The Morgan fingerprint density at radius 3 is 2.26 bits per heavy atom. The highest BCUT2D eigenvalue weighted by Gasteiger charge is 2.33. The van der Waals surface area contributed by atoms with E-state index in [2.05, 4.69) is 50.6 Å². The number of aliphatic carboxylic acids is 1. The average molecular weight is 338 g/mol. The summed E-state index contributed by atoms with van der Waals surface area (Å²) in [4.78, 5) is 23.6. The van der Waals surface area contributed by atoms with E-state index in [1.807, 2.05) is 0 Å². The number of carboxylic acid groups (broad SMARTS) is 1. The number of hydrogen-bond acceptors (Lipinski definition) is 2. The van der Waals surface area contributed by atoms with Crippen molar-refractivity contribution in [1.29, 1.82) is 0 Å². The number of carbonyl (C=O) groups is 2. The molecule has 1 aliphatic carbocycles. The third kappa shape index (κ3) is 6.02. The molecule has 0 saturated heterocycles. The summed E-state index contributed by atoms with van der Waals surface area (Å²) in [6.07, 6.45) is 5.20. The number of nitrogens with one attached hydrogen (secondary N) is 1. The van der Waals surface area contributed by atoms with E-state index in [0.717, 1.165) is 25.7 Å². The lowest BCUT2D eigenvalue weighted by atomic mass is 9.88. The second-order valence-corrected chi connectivity index (χ2v) is 13.1. The Kier molecular flexibility index (Phi) is 6.88. The lowest BCUT2D eigenvalue weighted by Crippen LogP contribution is -2.44. The van der Waals surface area contributed by atoms with Crippen LogP contribution in [0.3, 0.4) is 0 Å². The Morgan fingerprint density at radius 2 is 1.78 bits per heavy atom. The zero-order chi connectivity index (χ0) is 17.7. The van der Waals surface area contributed by atoms with Crippen LogP contribution in [0.25, 0.3) is 0 Å². The maximum absolute atomic E-state index is 12.2. The molecule has 0 aliphatic heterocycles. The third-order valence-electron chi connectivity index (χ3n) is 5.17. The Bertz CT molecular complexity index is 491. The minimum absolute atomic E-state index is 0.0287. The minimum atomic E-state index is -1.75. The lowest BCUT2D eigenvalue weighted by Gasteiger charge is -2.31. The second kappa shape index (κ2) is 8.01. The smallest absolute Gasteiger partial charge is 0.327 e. The molecular weight excluding hydrogens is 306 g/mol. The molecule has 1 fully saturated rings. The molecular formula is C18H31NO3Si. The van der Waals surface area contributed by atoms with Crippen molar-refractivity contribution in [2.24, 2.45) is 5.92 Å². The molecule has 1 rings (SSSR count). The van der Waals surface area contributed by atoms with Crippen LogP contribution >= 0.6 is 0 Å². The molecule has 0 aromatic rings. The van der Waals surface area contributed by atoms with Crippen molar-refractivity contribution < 1.29 is 14.7 Å². The van der Waals surface area contributed by atoms with Crippen LogP contribution in [-0.4, -0.2) is 31.1 Å². The summed E-state index contributed by atoms with van der Waals surface area (Å²) >= 11 is 0. The van der Waals surface area contributed by atoms with Gasteiger partial charge in [0.2, 0.25) is 5.91 Å². The SMILES string of the molecule is CC(C)(C)[Si](C)(C)C#CC[C@@H](NC(=O)C1CCCCC1)C(=O)O. The average Bonchev–Trinajstić information content (AvgIpc) is 2.45. The van der Waals surface area contributed by atoms with Gasteiger partial charge in [0, 0.05) is 12.3 Å². The van der Waals surface area contributed by atoms with E-state index in [4.69, 9.17) is 0 Å². The van der Waals surface area contributed by atoms with Crippen molar-refractivity contribution in [3.8, 4) is 11.5 Å². The van der Waals surface area contributed by atoms with Crippen molar-refractivity contribution >= 4 is 20.0 Å². The summed E-state index contributed by atoms with van der Waals surface area (Å²) in [5.41, 5.74) is 3.31. The molecule has 4 nitrogen and oxygen atoms in total. The highest BCUT2D eigenvalue weighted by atomic mass is 28.3. The van der Waals surface area contributed by atoms with Gasteiger partial charge in [-0.3, -0.25) is 4.79 Å². The zero-order valence-electron chi connectivity index (χ0n) is 15.2. The van der Waals surface area contributed by atoms with Gasteiger partial charge in [0.15, 0.2) is 0 Å². The molecule has 0 bridgehead atoms. The number of amides is 1. The minimum Gasteiger partial charge on any atom is -0.480 e. The van der Waals surface area contributed by atoms with Crippen LogP contribution in [0.1, 0.15) is 59.3 Å². The third-order valence-corrected chi connectivity index (χ3v) is 9.72. The molecule has 1 aliphatic rings. The quantitative estimate of drug-likeness (QED) is 0.609. The summed E-state index contributed by atoms with van der Waals surface area (Å²) in [7, 11) is -1.75. The molecule has 0 aromatic carbocycles. The number of carboxylic acids is 1. The van der Waals surface area contributed by atoms with Crippen molar-refractivity contribution in [1.82, 2.24) is 5.32 Å². The van der Waals surface area contributed by atoms with Gasteiger partial charge in [0.25, 0.3) is 0 Å². The monoisotopic (exact) mass is 337 g/mol. The predicted octanol–water partition coefficient (Wildman–Crippen LogP) is 3.58. The molecule has 0 heterocycles. The summed E-state index contributed by atoms with van der Waals surface area (Å²) in [6, 6.07) is -0.901. The van der Waals surface area contributed by atoms with Gasteiger partial charge in [-0.1, -0.05) is 53.1 Å². The van der Waals surface area contributed by atoms with E-state index < -0.39 is 20.1 Å². The van der Waals surface area contributed by atoms with Crippen LogP contribution in [0.15, 0.2) is 0 Å². The normalized spacial score (nSPS) is 17.8. The van der Waals surface area contributed by atoms with Crippen molar-refractivity contribution in [3.05, 3.63) is 0 Å². The Labute approximate surface area is 141 Å². The van der Waals surface area contributed by atoms with Crippen LogP contribution in [-0.2, 0) is 9.59 Å². The molecule has 130 valence electrons. The van der Waals surface area contributed by atoms with Gasteiger partial charge in [-0.25, -0.2) is 4.79 Å². The van der Waals surface area contributed by atoms with Crippen LogP contribution in [0.5, 0.6) is 0 Å². The van der Waals surface area contributed by atoms with Crippen LogP contribution < -0.4 is 5.32 Å². The Hall–Kier alpha value is -1.28. The summed E-state index contributed by atoms with van der Waals surface area (Å²) in [6.45, 7) is 10.9. The predicted molar refractivity (Wildman–Crippen MR) is 95.7 cm³/mol. The first-order valence-electron chi connectivity index (χ1n) is 8.58. The molecule has 23 heavy (non-hydrogen) atoms. The fraction of sp³-hybridized carbons (Fsp3) is 0.778. The fourth-order valence-corrected chi connectivity index (χ4v) is 3.33. The topological polar surface area (TPSA) is 66.4 Å². The fourth-order valence-electron chi connectivity index (χ4n) is 2.42. The Morgan fingerprint density at radius 1 is 1.22 bits per heavy atom. The molecule has 0 radical (unpaired) electrons. The highest BCUT2D eigenvalue weighted by Crippen LogP contribution is 2.35. The summed E-state index contributed by atoms with van der Waals surface area (Å²) in [5.74, 6) is 1.89. The van der Waals surface area contributed by atoms with Gasteiger partial charge in [-0.15, -0.1) is 11.5 Å². The molecule has 1 saturated carbocycles. The lowest BCUT2D eigenvalue weighted by molar-refractivity contribution is -0.142. The zero-order valence-corrected chi connectivity index (χ0v) is 16.2. The first-order valence-corrected chi connectivity index (χ1v) is 11.6. The first-order chi connectivity index (χ1) is 10.5. The largest absolute Gasteiger partial charge is 0.480 e. The number of carbonyl (C=O) groups excluding carboxylic acids is 1. The number of hydrogen-bond donors (Lipinski definition) is 2. The van der Waals surface area contributed by atoms with E-state index in [9.17, 15) is 14.7 Å². The van der Waals surface area contributed by atoms with Crippen LogP contribution in [0.2, 0.25) is 18.1 Å². The molecule has 1 atom stereocenters. The van der Waals surface area contributed by atoms with Gasteiger partial charge >= 0.3 is 5.97 Å². The Balaban J connectivity index is 2.66. The van der Waals surface area contributed by atoms with E-state index in [0.29, 0.717) is 0 Å². The van der Waals surface area contributed by atoms with E-state index in [1.165, 1.54) is 6.42 Å². The van der Waals surface area contributed by atoms with Crippen LogP contribution in [0, 0.1) is 17.4 Å². The molecule has 0 unspecified atom stereocenters. The van der Waals surface area contributed by atoms with Gasteiger partial charge in [0.05, 0.1) is 0 Å². The van der Waals surface area contributed by atoms with Gasteiger partial charge < -0.3 is 10.4 Å². The van der Waals surface area contributed by atoms with E-state index in [1.54, 1.807) is 0 Å². The second-order valence-electron chi connectivity index (χ2n) is 8.12. The number of rotatable bonds is 4. The molecule has 0 spiro atoms. The van der Waals surface area contributed by atoms with Crippen molar-refractivity contribution in [2.75, 3.05) is 0 Å². The molecule has 1 amide bonds. The highest BCUT2D eigenvalue weighted by molar-refractivity contribution is 6.87. The van der Waals surface area contributed by atoms with Crippen molar-refractivity contribution in [3.63, 3.8) is 0 Å². The standard InChI is InChI=1S/C18H31NO3Si/c1-18(2,3)23(4,5)13-9-12-15(17(21)22)19-16(20)14-10-7-6-8-11-14/h14-15H,6-8,10-12H2,1-5H3,(H,19,20)(H,21,22)/t15-/m1/s1. The summed E-state index contributed by atoms with van der Waals surface area (Å²) < 4.78 is 0. The maximum atomic E-state index is 12.2. The maximum Gasteiger partial charge on any atom is 0.327 e. The van der Waals surface area contributed by atoms with E-state index in [-0.39, 0.29) is 23.3 Å². The van der Waals surface area contributed by atoms with Gasteiger partial charge in [-0.2, -0.15) is 0 Å². The molecule has 5 heteroatoms. The molecule has 2 N–H and O–H groups in total. The van der Waals surface area contributed by atoms with Gasteiger partial charge in [0.1, 0.15) is 14.1 Å². The van der Waals surface area contributed by atoms with Crippen molar-refractivity contribution in [2.45, 2.75) is 83.5 Å². The van der Waals surface area contributed by atoms with Gasteiger partial charge in [-0.05, 0) is 17.9 Å². The first kappa shape index (κ1) is 19.8. The van der Waals surface area contributed by atoms with Crippen LogP contribution in [0.4, 0.5) is 0 Å². The van der Waals surface area contributed by atoms with E-state index >= 15 is 0 Å².